The Bertz CT molecular complexity index is 1190. The SMILES string of the molecule is CC1(C)C2=C(C(=O)c3ccc(N4CCN(C5CC5)CC4)cc31)c1ccc(C#N)cc1C2. The topological polar surface area (TPSA) is 47.3 Å². The molecule has 0 unspecified atom stereocenters. The van der Waals surface area contributed by atoms with E-state index in [1.807, 2.05) is 24.3 Å². The molecule has 3 aliphatic carbocycles. The van der Waals surface area contributed by atoms with Gasteiger partial charge in [-0.1, -0.05) is 19.9 Å². The van der Waals surface area contributed by atoms with Crippen molar-refractivity contribution < 1.29 is 4.79 Å². The summed E-state index contributed by atoms with van der Waals surface area (Å²) in [5, 5.41) is 9.29. The van der Waals surface area contributed by atoms with Crippen molar-refractivity contribution in [2.75, 3.05) is 31.1 Å². The van der Waals surface area contributed by atoms with Gasteiger partial charge in [0.25, 0.3) is 0 Å². The number of hydrogen-bond acceptors (Lipinski definition) is 4. The molecular weight excluding hydrogens is 382 g/mol. The Kier molecular flexibility index (Phi) is 3.98. The average Bonchev–Trinajstić information content (AvgIpc) is 3.57. The van der Waals surface area contributed by atoms with Crippen LogP contribution in [0.1, 0.15) is 59.3 Å². The van der Waals surface area contributed by atoms with E-state index >= 15 is 0 Å². The Morgan fingerprint density at radius 3 is 2.45 bits per heavy atom. The first-order valence-electron chi connectivity index (χ1n) is 11.4. The minimum Gasteiger partial charge on any atom is -0.369 e. The van der Waals surface area contributed by atoms with Crippen LogP contribution in [0.25, 0.3) is 5.57 Å². The third kappa shape index (κ3) is 2.80. The zero-order chi connectivity index (χ0) is 21.3. The smallest absolute Gasteiger partial charge is 0.193 e. The van der Waals surface area contributed by atoms with Crippen molar-refractivity contribution in [2.45, 2.75) is 44.6 Å². The second kappa shape index (κ2) is 6.55. The van der Waals surface area contributed by atoms with E-state index < -0.39 is 0 Å². The summed E-state index contributed by atoms with van der Waals surface area (Å²) < 4.78 is 0. The molecule has 6 rings (SSSR count). The molecule has 0 atom stereocenters. The van der Waals surface area contributed by atoms with Crippen molar-refractivity contribution in [1.29, 1.82) is 5.26 Å². The maximum absolute atomic E-state index is 13.6. The lowest BCUT2D eigenvalue weighted by Crippen LogP contribution is -2.47. The maximum Gasteiger partial charge on any atom is 0.193 e. The van der Waals surface area contributed by atoms with Gasteiger partial charge in [0.05, 0.1) is 11.6 Å². The van der Waals surface area contributed by atoms with Gasteiger partial charge >= 0.3 is 0 Å². The summed E-state index contributed by atoms with van der Waals surface area (Å²) in [5.41, 5.74) is 7.85. The molecule has 4 aliphatic rings. The van der Waals surface area contributed by atoms with Gasteiger partial charge in [0, 0.05) is 54.5 Å². The number of ketones is 1. The molecule has 0 N–H and O–H groups in total. The number of carbonyl (C=O) groups excluding carboxylic acids is 1. The summed E-state index contributed by atoms with van der Waals surface area (Å²) in [6.07, 6.45) is 3.48. The second-order valence-corrected chi connectivity index (χ2v) is 9.95. The highest BCUT2D eigenvalue weighted by atomic mass is 16.1. The molecule has 4 heteroatoms. The monoisotopic (exact) mass is 409 g/mol. The average molecular weight is 410 g/mol. The van der Waals surface area contributed by atoms with E-state index in [0.29, 0.717) is 5.56 Å². The van der Waals surface area contributed by atoms with Crippen LogP contribution < -0.4 is 4.90 Å². The van der Waals surface area contributed by atoms with Gasteiger partial charge in [0.2, 0.25) is 0 Å². The Morgan fingerprint density at radius 1 is 1.00 bits per heavy atom. The molecule has 156 valence electrons. The fourth-order valence-electron chi connectivity index (χ4n) is 5.81. The Balaban J connectivity index is 1.35. The molecule has 2 aromatic carbocycles. The summed E-state index contributed by atoms with van der Waals surface area (Å²) in [6, 6.07) is 15.3. The number of allylic oxidation sites excluding steroid dienone is 2. The molecule has 0 radical (unpaired) electrons. The standard InChI is InChI=1S/C27H27N3O/c1-27(2)23-15-20(30-11-9-29(10-12-30)19-4-5-19)6-8-22(23)26(31)25-21-7-3-17(16-28)13-18(21)14-24(25)27/h3,6-8,13,15,19H,4-5,9-12,14H2,1-2H3. The zero-order valence-electron chi connectivity index (χ0n) is 18.2. The van der Waals surface area contributed by atoms with Crippen molar-refractivity contribution in [1.82, 2.24) is 4.90 Å². The van der Waals surface area contributed by atoms with Gasteiger partial charge in [0.15, 0.2) is 5.78 Å². The summed E-state index contributed by atoms with van der Waals surface area (Å²) in [7, 11) is 0. The fraction of sp³-hybridized carbons (Fsp3) is 0.407. The molecular formula is C27H27N3O. The number of benzene rings is 2. The lowest BCUT2D eigenvalue weighted by atomic mass is 9.68. The number of Topliss-reactive ketones (excluding diaryl/α,β-unsaturated/α-hetero) is 1. The fourth-order valence-corrected chi connectivity index (χ4v) is 5.81. The molecule has 4 nitrogen and oxygen atoms in total. The van der Waals surface area contributed by atoms with E-state index in [1.54, 1.807) is 0 Å². The molecule has 1 heterocycles. The molecule has 0 bridgehead atoms. The highest BCUT2D eigenvalue weighted by molar-refractivity contribution is 6.33. The zero-order valence-corrected chi connectivity index (χ0v) is 18.2. The molecule has 1 saturated carbocycles. The van der Waals surface area contributed by atoms with Crippen LogP contribution in [-0.4, -0.2) is 42.9 Å². The summed E-state index contributed by atoms with van der Waals surface area (Å²) in [4.78, 5) is 18.7. The first-order chi connectivity index (χ1) is 15.0. The van der Waals surface area contributed by atoms with Crippen molar-refractivity contribution in [3.8, 4) is 6.07 Å². The Labute approximate surface area is 183 Å². The predicted molar refractivity (Wildman–Crippen MR) is 122 cm³/mol. The van der Waals surface area contributed by atoms with Gasteiger partial charge in [0.1, 0.15) is 0 Å². The van der Waals surface area contributed by atoms with E-state index in [4.69, 9.17) is 0 Å². The molecule has 1 saturated heterocycles. The van der Waals surface area contributed by atoms with Crippen molar-refractivity contribution in [3.05, 3.63) is 69.8 Å². The van der Waals surface area contributed by atoms with Gasteiger partial charge in [-0.25, -0.2) is 0 Å². The van der Waals surface area contributed by atoms with Gasteiger partial charge in [-0.2, -0.15) is 5.26 Å². The number of rotatable bonds is 2. The lowest BCUT2D eigenvalue weighted by molar-refractivity contribution is 0.105. The van der Waals surface area contributed by atoms with Crippen LogP contribution in [0.4, 0.5) is 5.69 Å². The largest absolute Gasteiger partial charge is 0.369 e. The van der Waals surface area contributed by atoms with Gasteiger partial charge in [-0.05, 0) is 71.9 Å². The highest BCUT2D eigenvalue weighted by Crippen LogP contribution is 2.50. The summed E-state index contributed by atoms with van der Waals surface area (Å²) >= 11 is 0. The van der Waals surface area contributed by atoms with Crippen LogP contribution in [0, 0.1) is 11.3 Å². The van der Waals surface area contributed by atoms with Crippen LogP contribution in [-0.2, 0) is 11.8 Å². The number of anilines is 1. The molecule has 1 aliphatic heterocycles. The first-order valence-corrected chi connectivity index (χ1v) is 11.4. The molecule has 2 aromatic rings. The molecule has 2 fully saturated rings. The lowest BCUT2D eigenvalue weighted by Gasteiger charge is -2.38. The quantitative estimate of drug-likeness (QED) is 0.741. The number of carbonyl (C=O) groups is 1. The Morgan fingerprint density at radius 2 is 1.74 bits per heavy atom. The number of hydrogen-bond donors (Lipinski definition) is 0. The molecule has 0 spiro atoms. The number of nitrogens with zero attached hydrogens (tertiary/aromatic N) is 3. The maximum atomic E-state index is 13.6. The third-order valence-corrected chi connectivity index (χ3v) is 7.82. The third-order valence-electron chi connectivity index (χ3n) is 7.82. The number of piperazine rings is 1. The van der Waals surface area contributed by atoms with Crippen LogP contribution in [0.5, 0.6) is 0 Å². The molecule has 0 aromatic heterocycles. The van der Waals surface area contributed by atoms with Crippen molar-refractivity contribution in [3.63, 3.8) is 0 Å². The predicted octanol–water partition coefficient (Wildman–Crippen LogP) is 4.33. The normalized spacial score (nSPS) is 22.1. The van der Waals surface area contributed by atoms with E-state index in [2.05, 4.69) is 41.8 Å². The van der Waals surface area contributed by atoms with E-state index in [1.165, 1.54) is 24.1 Å². The minimum absolute atomic E-state index is 0.137. The minimum atomic E-state index is -0.212. The number of nitriles is 1. The van der Waals surface area contributed by atoms with Crippen molar-refractivity contribution in [2.24, 2.45) is 0 Å². The Hall–Kier alpha value is -2.90. The molecule has 31 heavy (non-hydrogen) atoms. The van der Waals surface area contributed by atoms with Crippen LogP contribution in [0.15, 0.2) is 42.0 Å². The van der Waals surface area contributed by atoms with Gasteiger partial charge < -0.3 is 4.90 Å². The van der Waals surface area contributed by atoms with Crippen LogP contribution in [0.2, 0.25) is 0 Å². The number of fused-ring (bicyclic) bond motifs is 3. The highest BCUT2D eigenvalue weighted by Gasteiger charge is 2.43. The van der Waals surface area contributed by atoms with Gasteiger partial charge in [-0.15, -0.1) is 0 Å². The van der Waals surface area contributed by atoms with E-state index in [0.717, 1.165) is 66.5 Å². The second-order valence-electron chi connectivity index (χ2n) is 9.95. The first kappa shape index (κ1) is 18.8. The molecule has 0 amide bonds. The summed E-state index contributed by atoms with van der Waals surface area (Å²) in [6.45, 7) is 8.88. The van der Waals surface area contributed by atoms with Crippen LogP contribution in [0.3, 0.4) is 0 Å². The van der Waals surface area contributed by atoms with E-state index in [9.17, 15) is 10.1 Å². The van der Waals surface area contributed by atoms with Crippen LogP contribution >= 0.6 is 0 Å². The summed E-state index contributed by atoms with van der Waals surface area (Å²) in [5.74, 6) is 0.137. The van der Waals surface area contributed by atoms with Gasteiger partial charge in [-0.3, -0.25) is 9.69 Å². The van der Waals surface area contributed by atoms with Crippen molar-refractivity contribution >= 4 is 17.0 Å². The van der Waals surface area contributed by atoms with E-state index in [-0.39, 0.29) is 11.2 Å².